The number of aromatic nitrogens is 1. The molecule has 5 heteroatoms. The Labute approximate surface area is 174 Å². The van der Waals surface area contributed by atoms with E-state index >= 15 is 0 Å². The van der Waals surface area contributed by atoms with E-state index in [1.165, 1.54) is 16.5 Å². The van der Waals surface area contributed by atoms with E-state index in [0.717, 1.165) is 23.9 Å². The number of rotatable bonds is 3. The summed E-state index contributed by atoms with van der Waals surface area (Å²) in [6, 6.07) is 13.8. The first-order chi connectivity index (χ1) is 13.7. The van der Waals surface area contributed by atoms with Crippen LogP contribution >= 0.6 is 0 Å². The molecule has 1 aromatic heterocycles. The van der Waals surface area contributed by atoms with E-state index in [4.69, 9.17) is 0 Å². The summed E-state index contributed by atoms with van der Waals surface area (Å²) >= 11 is 0. The van der Waals surface area contributed by atoms with Crippen LogP contribution in [0.2, 0.25) is 0 Å². The van der Waals surface area contributed by atoms with Crippen molar-refractivity contribution in [2.45, 2.75) is 56.8 Å². The van der Waals surface area contributed by atoms with E-state index in [9.17, 15) is 8.42 Å². The Morgan fingerprint density at radius 1 is 1.00 bits per heavy atom. The Morgan fingerprint density at radius 3 is 2.28 bits per heavy atom. The van der Waals surface area contributed by atoms with Gasteiger partial charge in [0.05, 0.1) is 4.90 Å². The van der Waals surface area contributed by atoms with Gasteiger partial charge in [-0.25, -0.2) is 8.42 Å². The molecule has 0 bridgehead atoms. The number of hydrogen-bond acceptors (Lipinski definition) is 2. The normalized spacial score (nSPS) is 17.1. The van der Waals surface area contributed by atoms with Gasteiger partial charge in [0.2, 0.25) is 10.0 Å². The lowest BCUT2D eigenvalue weighted by Gasteiger charge is -2.31. The molecule has 2 heterocycles. The summed E-state index contributed by atoms with van der Waals surface area (Å²) in [4.78, 5) is 3.76. The molecule has 1 N–H and O–H groups in total. The summed E-state index contributed by atoms with van der Waals surface area (Å²) in [5, 5.41) is 1.27. The van der Waals surface area contributed by atoms with Crippen LogP contribution in [-0.2, 0) is 15.4 Å². The zero-order valence-electron chi connectivity index (χ0n) is 17.7. The Kier molecular flexibility index (Phi) is 5.07. The number of piperidine rings is 1. The molecule has 0 amide bonds. The first-order valence-corrected chi connectivity index (χ1v) is 11.8. The number of fused-ring (bicyclic) bond motifs is 1. The second-order valence-corrected chi connectivity index (χ2v) is 11.2. The van der Waals surface area contributed by atoms with Crippen molar-refractivity contribution >= 4 is 20.9 Å². The molecule has 4 nitrogen and oxygen atoms in total. The molecule has 0 aliphatic carbocycles. The minimum atomic E-state index is -3.44. The molecular formula is C24H30N2O2S. The van der Waals surface area contributed by atoms with Crippen LogP contribution in [0.15, 0.2) is 53.6 Å². The second kappa shape index (κ2) is 7.29. The number of benzene rings is 2. The van der Waals surface area contributed by atoms with E-state index in [2.05, 4.69) is 57.1 Å². The SMILES string of the molecule is Cc1ccc2[nH]cc(C3CCN(S(=O)(=O)c4ccc(C(C)(C)C)cc4)CC3)c2c1. The molecule has 1 saturated heterocycles. The minimum absolute atomic E-state index is 0.0122. The average Bonchev–Trinajstić information content (AvgIpc) is 3.10. The highest BCUT2D eigenvalue weighted by Gasteiger charge is 2.31. The van der Waals surface area contributed by atoms with Crippen LogP contribution in [0.5, 0.6) is 0 Å². The third kappa shape index (κ3) is 3.86. The number of sulfonamides is 1. The van der Waals surface area contributed by atoms with Gasteiger partial charge in [-0.2, -0.15) is 4.31 Å². The molecule has 0 atom stereocenters. The van der Waals surface area contributed by atoms with E-state index in [1.54, 1.807) is 16.4 Å². The molecule has 3 aromatic rings. The molecule has 0 radical (unpaired) electrons. The quantitative estimate of drug-likeness (QED) is 0.633. The summed E-state index contributed by atoms with van der Waals surface area (Å²) in [5.74, 6) is 0.389. The van der Waals surface area contributed by atoms with Gasteiger partial charge in [0.1, 0.15) is 0 Å². The lowest BCUT2D eigenvalue weighted by atomic mass is 9.87. The van der Waals surface area contributed by atoms with Crippen molar-refractivity contribution in [3.05, 3.63) is 65.4 Å². The van der Waals surface area contributed by atoms with E-state index < -0.39 is 10.0 Å². The highest BCUT2D eigenvalue weighted by atomic mass is 32.2. The molecular weight excluding hydrogens is 380 g/mol. The molecule has 154 valence electrons. The van der Waals surface area contributed by atoms with Crippen LogP contribution in [-0.4, -0.2) is 30.8 Å². The van der Waals surface area contributed by atoms with Crippen molar-refractivity contribution in [2.75, 3.05) is 13.1 Å². The maximum atomic E-state index is 13.1. The highest BCUT2D eigenvalue weighted by Crippen LogP contribution is 2.35. The van der Waals surface area contributed by atoms with Gasteiger partial charge in [-0.05, 0) is 66.5 Å². The van der Waals surface area contributed by atoms with Gasteiger partial charge in [0.15, 0.2) is 0 Å². The summed E-state index contributed by atoms with van der Waals surface area (Å²) in [7, 11) is -3.44. The van der Waals surface area contributed by atoms with Crippen LogP contribution in [0.25, 0.3) is 10.9 Å². The highest BCUT2D eigenvalue weighted by molar-refractivity contribution is 7.89. The number of hydrogen-bond donors (Lipinski definition) is 1. The monoisotopic (exact) mass is 410 g/mol. The third-order valence-electron chi connectivity index (χ3n) is 6.12. The van der Waals surface area contributed by atoms with Crippen molar-refractivity contribution < 1.29 is 8.42 Å². The molecule has 0 spiro atoms. The smallest absolute Gasteiger partial charge is 0.243 e. The molecule has 29 heavy (non-hydrogen) atoms. The fourth-order valence-electron chi connectivity index (χ4n) is 4.28. The van der Waals surface area contributed by atoms with Gasteiger partial charge in [-0.1, -0.05) is 44.5 Å². The van der Waals surface area contributed by atoms with Crippen LogP contribution in [0.4, 0.5) is 0 Å². The lowest BCUT2D eigenvalue weighted by Crippen LogP contribution is -2.37. The molecule has 1 aliphatic heterocycles. The van der Waals surface area contributed by atoms with E-state index in [1.807, 2.05) is 12.1 Å². The van der Waals surface area contributed by atoms with Gasteiger partial charge < -0.3 is 4.98 Å². The molecule has 1 aliphatic rings. The van der Waals surface area contributed by atoms with Crippen molar-refractivity contribution in [1.29, 1.82) is 0 Å². The average molecular weight is 411 g/mol. The standard InChI is InChI=1S/C24H30N2O2S/c1-17-5-10-23-21(15-17)22(16-25-23)18-11-13-26(14-12-18)29(27,28)20-8-6-19(7-9-20)24(2,3)4/h5-10,15-16,18,25H,11-14H2,1-4H3. The summed E-state index contributed by atoms with van der Waals surface area (Å²) in [5.41, 5.74) is 4.87. The predicted octanol–water partition coefficient (Wildman–Crippen LogP) is 5.34. The van der Waals surface area contributed by atoms with Gasteiger partial charge >= 0.3 is 0 Å². The van der Waals surface area contributed by atoms with E-state index in [-0.39, 0.29) is 5.41 Å². The molecule has 2 aromatic carbocycles. The van der Waals surface area contributed by atoms with Crippen LogP contribution in [0, 0.1) is 6.92 Å². The van der Waals surface area contributed by atoms with Gasteiger partial charge in [-0.15, -0.1) is 0 Å². The summed E-state index contributed by atoms with van der Waals surface area (Å²) in [6.07, 6.45) is 3.80. The Balaban J connectivity index is 1.50. The van der Waals surface area contributed by atoms with Crippen LogP contribution in [0.1, 0.15) is 56.2 Å². The maximum Gasteiger partial charge on any atom is 0.243 e. The zero-order valence-corrected chi connectivity index (χ0v) is 18.5. The van der Waals surface area contributed by atoms with Gasteiger partial charge in [0, 0.05) is 30.2 Å². The Bertz CT molecular complexity index is 1110. The van der Waals surface area contributed by atoms with Gasteiger partial charge in [-0.3, -0.25) is 0 Å². The number of H-pyrrole nitrogens is 1. The second-order valence-electron chi connectivity index (χ2n) is 9.25. The molecule has 4 rings (SSSR count). The predicted molar refractivity (Wildman–Crippen MR) is 119 cm³/mol. The van der Waals surface area contributed by atoms with Crippen LogP contribution in [0.3, 0.4) is 0 Å². The Morgan fingerprint density at radius 2 is 1.66 bits per heavy atom. The maximum absolute atomic E-state index is 13.1. The number of nitrogens with zero attached hydrogens (tertiary/aromatic N) is 1. The minimum Gasteiger partial charge on any atom is -0.361 e. The Hall–Kier alpha value is -2.11. The van der Waals surface area contributed by atoms with Crippen molar-refractivity contribution in [2.24, 2.45) is 0 Å². The number of aryl methyl sites for hydroxylation is 1. The number of nitrogens with one attached hydrogen (secondary N) is 1. The van der Waals surface area contributed by atoms with Crippen molar-refractivity contribution in [3.8, 4) is 0 Å². The number of aromatic amines is 1. The van der Waals surface area contributed by atoms with E-state index in [0.29, 0.717) is 23.9 Å². The topological polar surface area (TPSA) is 53.2 Å². The largest absolute Gasteiger partial charge is 0.361 e. The molecule has 1 fully saturated rings. The van der Waals surface area contributed by atoms with Crippen LogP contribution < -0.4 is 0 Å². The fourth-order valence-corrected chi connectivity index (χ4v) is 5.75. The molecule has 0 saturated carbocycles. The fraction of sp³-hybridized carbons (Fsp3) is 0.417. The molecule has 0 unspecified atom stereocenters. The van der Waals surface area contributed by atoms with Crippen molar-refractivity contribution in [3.63, 3.8) is 0 Å². The zero-order chi connectivity index (χ0) is 20.8. The summed E-state index contributed by atoms with van der Waals surface area (Å²) in [6.45, 7) is 9.63. The van der Waals surface area contributed by atoms with Crippen molar-refractivity contribution in [1.82, 2.24) is 9.29 Å². The van der Waals surface area contributed by atoms with Gasteiger partial charge in [0.25, 0.3) is 0 Å². The first-order valence-electron chi connectivity index (χ1n) is 10.3. The lowest BCUT2D eigenvalue weighted by molar-refractivity contribution is 0.320. The summed E-state index contributed by atoms with van der Waals surface area (Å²) < 4.78 is 27.9. The first kappa shape index (κ1) is 20.2. The third-order valence-corrected chi connectivity index (χ3v) is 8.03.